The number of rotatable bonds is 4. The predicted molar refractivity (Wildman–Crippen MR) is 73.1 cm³/mol. The molecule has 1 aromatic heterocycles. The van der Waals surface area contributed by atoms with Gasteiger partial charge in [-0.25, -0.2) is 0 Å². The molecule has 1 aromatic rings. The van der Waals surface area contributed by atoms with Gasteiger partial charge in [0.05, 0.1) is 0 Å². The molecule has 17 heavy (non-hydrogen) atoms. The van der Waals surface area contributed by atoms with Gasteiger partial charge in [0.1, 0.15) is 0 Å². The topological polar surface area (TPSA) is 29.3 Å². The molecule has 3 heteroatoms. The first-order valence-corrected chi connectivity index (χ1v) is 7.79. The second-order valence-corrected chi connectivity index (χ2v) is 6.38. The van der Waals surface area contributed by atoms with Gasteiger partial charge in [0.25, 0.3) is 0 Å². The summed E-state index contributed by atoms with van der Waals surface area (Å²) < 4.78 is 0. The molecule has 0 bridgehead atoms. The largest absolute Gasteiger partial charge is 0.328 e. The fourth-order valence-corrected chi connectivity index (χ4v) is 3.65. The average Bonchev–Trinajstić information content (AvgIpc) is 3.05. The lowest BCUT2D eigenvalue weighted by Gasteiger charge is -2.36. The lowest BCUT2D eigenvalue weighted by molar-refractivity contribution is 0.133. The van der Waals surface area contributed by atoms with Gasteiger partial charge in [-0.2, -0.15) is 11.3 Å². The van der Waals surface area contributed by atoms with E-state index < -0.39 is 0 Å². The maximum absolute atomic E-state index is 6.01. The summed E-state index contributed by atoms with van der Waals surface area (Å²) in [7, 11) is 0. The average molecular weight is 250 g/mol. The van der Waals surface area contributed by atoms with E-state index in [0.29, 0.717) is 6.04 Å². The van der Waals surface area contributed by atoms with E-state index in [0.717, 1.165) is 18.6 Å². The summed E-state index contributed by atoms with van der Waals surface area (Å²) in [5.41, 5.74) is 7.51. The van der Waals surface area contributed by atoms with Crippen molar-refractivity contribution in [3.8, 4) is 0 Å². The molecule has 0 spiro atoms. The third-order valence-electron chi connectivity index (χ3n) is 4.17. The van der Waals surface area contributed by atoms with Gasteiger partial charge in [-0.3, -0.25) is 4.90 Å². The normalized spacial score (nSPS) is 29.8. The van der Waals surface area contributed by atoms with E-state index in [-0.39, 0.29) is 0 Å². The summed E-state index contributed by atoms with van der Waals surface area (Å²) in [6, 6.07) is 4.40. The summed E-state index contributed by atoms with van der Waals surface area (Å²) in [5.74, 6) is 0. The van der Waals surface area contributed by atoms with Crippen LogP contribution in [0.4, 0.5) is 0 Å². The quantitative estimate of drug-likeness (QED) is 0.890. The zero-order valence-electron chi connectivity index (χ0n) is 10.3. The molecule has 2 N–H and O–H groups in total. The molecule has 3 rings (SSSR count). The minimum atomic E-state index is 0.466. The highest BCUT2D eigenvalue weighted by molar-refractivity contribution is 7.07. The summed E-state index contributed by atoms with van der Waals surface area (Å²) in [6.07, 6.45) is 7.87. The van der Waals surface area contributed by atoms with Crippen molar-refractivity contribution in [2.24, 2.45) is 5.73 Å². The molecular formula is C14H22N2S. The maximum atomic E-state index is 6.01. The van der Waals surface area contributed by atoms with Gasteiger partial charge in [-0.05, 0) is 60.9 Å². The minimum Gasteiger partial charge on any atom is -0.328 e. The molecule has 1 heterocycles. The smallest absolute Gasteiger partial charge is 0.0247 e. The van der Waals surface area contributed by atoms with Crippen LogP contribution in [0.5, 0.6) is 0 Å². The van der Waals surface area contributed by atoms with Gasteiger partial charge in [0, 0.05) is 24.7 Å². The van der Waals surface area contributed by atoms with Crippen LogP contribution >= 0.6 is 11.3 Å². The summed E-state index contributed by atoms with van der Waals surface area (Å²) >= 11 is 1.81. The van der Waals surface area contributed by atoms with Gasteiger partial charge >= 0.3 is 0 Å². The van der Waals surface area contributed by atoms with Crippen LogP contribution in [0, 0.1) is 0 Å². The second kappa shape index (κ2) is 5.09. The fraction of sp³-hybridized carbons (Fsp3) is 0.714. The first kappa shape index (κ1) is 11.7. The number of nitrogens with zero attached hydrogens (tertiary/aromatic N) is 1. The maximum Gasteiger partial charge on any atom is 0.0247 e. The highest BCUT2D eigenvalue weighted by Crippen LogP contribution is 2.34. The molecule has 0 radical (unpaired) electrons. The molecule has 94 valence electrons. The Bertz CT molecular complexity index is 337. The van der Waals surface area contributed by atoms with Crippen LogP contribution in [0.15, 0.2) is 16.8 Å². The van der Waals surface area contributed by atoms with Crippen LogP contribution in [0.2, 0.25) is 0 Å². The molecular weight excluding hydrogens is 228 g/mol. The van der Waals surface area contributed by atoms with Gasteiger partial charge < -0.3 is 5.73 Å². The number of hydrogen-bond acceptors (Lipinski definition) is 3. The molecule has 0 aromatic carbocycles. The van der Waals surface area contributed by atoms with Crippen molar-refractivity contribution in [2.45, 2.75) is 63.2 Å². The number of nitrogens with two attached hydrogens (primary N) is 1. The molecule has 2 saturated carbocycles. The van der Waals surface area contributed by atoms with Crippen LogP contribution < -0.4 is 5.73 Å². The Morgan fingerprint density at radius 2 is 1.76 bits per heavy atom. The molecule has 0 unspecified atom stereocenters. The fourth-order valence-electron chi connectivity index (χ4n) is 2.99. The van der Waals surface area contributed by atoms with E-state index in [1.165, 1.54) is 44.1 Å². The zero-order chi connectivity index (χ0) is 11.7. The molecule has 0 aliphatic heterocycles. The first-order chi connectivity index (χ1) is 8.33. The van der Waals surface area contributed by atoms with Gasteiger partial charge in [0.15, 0.2) is 0 Å². The zero-order valence-corrected chi connectivity index (χ0v) is 11.2. The minimum absolute atomic E-state index is 0.466. The van der Waals surface area contributed by atoms with Gasteiger partial charge in [0.2, 0.25) is 0 Å². The summed E-state index contributed by atoms with van der Waals surface area (Å²) in [5, 5.41) is 4.49. The predicted octanol–water partition coefficient (Wildman–Crippen LogP) is 2.98. The SMILES string of the molecule is NC1CCC(N(Cc2ccsc2)C2CC2)CC1. The van der Waals surface area contributed by atoms with E-state index in [9.17, 15) is 0 Å². The van der Waals surface area contributed by atoms with E-state index >= 15 is 0 Å². The highest BCUT2D eigenvalue weighted by Gasteiger charge is 2.35. The Morgan fingerprint density at radius 1 is 1.12 bits per heavy atom. The van der Waals surface area contributed by atoms with Crippen LogP contribution in [-0.2, 0) is 6.54 Å². The molecule has 2 aliphatic rings. The Labute approximate surface area is 108 Å². The van der Waals surface area contributed by atoms with Crippen molar-refractivity contribution in [3.05, 3.63) is 22.4 Å². The Kier molecular flexibility index (Phi) is 3.50. The van der Waals surface area contributed by atoms with Crippen molar-refractivity contribution in [1.29, 1.82) is 0 Å². The summed E-state index contributed by atoms with van der Waals surface area (Å²) in [4.78, 5) is 2.76. The van der Waals surface area contributed by atoms with Crippen LogP contribution in [0.25, 0.3) is 0 Å². The van der Waals surface area contributed by atoms with E-state index in [2.05, 4.69) is 21.7 Å². The molecule has 0 saturated heterocycles. The third-order valence-corrected chi connectivity index (χ3v) is 4.90. The van der Waals surface area contributed by atoms with Crippen molar-refractivity contribution in [2.75, 3.05) is 0 Å². The molecule has 0 amide bonds. The molecule has 2 nitrogen and oxygen atoms in total. The molecule has 0 atom stereocenters. The van der Waals surface area contributed by atoms with Crippen LogP contribution in [0.3, 0.4) is 0 Å². The van der Waals surface area contributed by atoms with Gasteiger partial charge in [-0.15, -0.1) is 0 Å². The summed E-state index contributed by atoms with van der Waals surface area (Å²) in [6.45, 7) is 1.16. The Balaban J connectivity index is 1.63. The first-order valence-electron chi connectivity index (χ1n) is 6.85. The van der Waals surface area contributed by atoms with Crippen LogP contribution in [-0.4, -0.2) is 23.0 Å². The number of thiophene rings is 1. The monoisotopic (exact) mass is 250 g/mol. The van der Waals surface area contributed by atoms with E-state index in [1.54, 1.807) is 0 Å². The Morgan fingerprint density at radius 3 is 2.29 bits per heavy atom. The van der Waals surface area contributed by atoms with E-state index in [4.69, 9.17) is 5.73 Å². The van der Waals surface area contributed by atoms with Crippen molar-refractivity contribution >= 4 is 11.3 Å². The molecule has 2 fully saturated rings. The second-order valence-electron chi connectivity index (χ2n) is 5.60. The van der Waals surface area contributed by atoms with Crippen molar-refractivity contribution in [3.63, 3.8) is 0 Å². The lowest BCUT2D eigenvalue weighted by atomic mass is 9.90. The Hall–Kier alpha value is -0.380. The standard InChI is InChI=1S/C14H22N2S/c15-12-1-3-13(4-2-12)16(14-5-6-14)9-11-7-8-17-10-11/h7-8,10,12-14H,1-6,9,15H2. The van der Waals surface area contributed by atoms with Crippen molar-refractivity contribution in [1.82, 2.24) is 4.90 Å². The van der Waals surface area contributed by atoms with E-state index in [1.807, 2.05) is 11.3 Å². The van der Waals surface area contributed by atoms with Crippen molar-refractivity contribution < 1.29 is 0 Å². The van der Waals surface area contributed by atoms with Crippen LogP contribution in [0.1, 0.15) is 44.1 Å². The number of hydrogen-bond donors (Lipinski definition) is 1. The van der Waals surface area contributed by atoms with Gasteiger partial charge in [-0.1, -0.05) is 0 Å². The third kappa shape index (κ3) is 2.90. The molecule has 2 aliphatic carbocycles. The lowest BCUT2D eigenvalue weighted by Crippen LogP contribution is -2.41. The highest BCUT2D eigenvalue weighted by atomic mass is 32.1.